The Morgan fingerprint density at radius 1 is 1.25 bits per heavy atom. The van der Waals surface area contributed by atoms with E-state index in [1.54, 1.807) is 0 Å². The van der Waals surface area contributed by atoms with Gasteiger partial charge in [0.15, 0.2) is 0 Å². The molecule has 0 unspecified atom stereocenters. The van der Waals surface area contributed by atoms with Crippen molar-refractivity contribution in [2.45, 2.75) is 19.1 Å². The van der Waals surface area contributed by atoms with Gasteiger partial charge in [0.2, 0.25) is 0 Å². The van der Waals surface area contributed by atoms with Crippen molar-refractivity contribution < 1.29 is 22.4 Å². The summed E-state index contributed by atoms with van der Waals surface area (Å²) in [6, 6.07) is 4.08. The standard InChI is InChI=1S/C13H14F4N2O/c1-9(14)5-6-18-12(20)19-8-10-3-2-4-11(7-10)13(15,16)17/h2-4,7H,1,5-6,8H2,(H2,18,19,20). The van der Waals surface area contributed by atoms with Gasteiger partial charge in [-0.25, -0.2) is 9.18 Å². The number of urea groups is 1. The molecule has 7 heteroatoms. The van der Waals surface area contributed by atoms with Crippen LogP contribution in [0.25, 0.3) is 0 Å². The lowest BCUT2D eigenvalue weighted by molar-refractivity contribution is -0.137. The summed E-state index contributed by atoms with van der Waals surface area (Å²) in [7, 11) is 0. The molecule has 2 N–H and O–H groups in total. The molecule has 1 aromatic rings. The number of nitrogens with one attached hydrogen (secondary N) is 2. The molecule has 1 aromatic carbocycles. The maximum Gasteiger partial charge on any atom is 0.416 e. The van der Waals surface area contributed by atoms with Crippen LogP contribution >= 0.6 is 0 Å². The molecule has 0 aliphatic heterocycles. The van der Waals surface area contributed by atoms with Crippen LogP contribution in [0.15, 0.2) is 36.7 Å². The second-order valence-corrected chi connectivity index (χ2v) is 4.07. The Balaban J connectivity index is 2.45. The minimum Gasteiger partial charge on any atom is -0.338 e. The van der Waals surface area contributed by atoms with Crippen molar-refractivity contribution in [2.75, 3.05) is 6.54 Å². The lowest BCUT2D eigenvalue weighted by Gasteiger charge is -2.10. The number of carbonyl (C=O) groups excluding carboxylic acids is 1. The van der Waals surface area contributed by atoms with E-state index in [9.17, 15) is 22.4 Å². The molecule has 0 aromatic heterocycles. The fraction of sp³-hybridized carbons (Fsp3) is 0.308. The molecule has 110 valence electrons. The highest BCUT2D eigenvalue weighted by molar-refractivity contribution is 5.73. The number of amides is 2. The van der Waals surface area contributed by atoms with E-state index in [4.69, 9.17) is 0 Å². The normalized spacial score (nSPS) is 11.0. The van der Waals surface area contributed by atoms with E-state index < -0.39 is 23.6 Å². The average Bonchev–Trinajstić information content (AvgIpc) is 2.35. The lowest BCUT2D eigenvalue weighted by Crippen LogP contribution is -2.35. The van der Waals surface area contributed by atoms with Crippen molar-refractivity contribution in [3.05, 3.63) is 47.8 Å². The van der Waals surface area contributed by atoms with E-state index in [0.717, 1.165) is 12.1 Å². The summed E-state index contributed by atoms with van der Waals surface area (Å²) >= 11 is 0. The number of halogens is 4. The van der Waals surface area contributed by atoms with E-state index in [1.807, 2.05) is 0 Å². The van der Waals surface area contributed by atoms with Crippen LogP contribution in [0.3, 0.4) is 0 Å². The third-order valence-electron chi connectivity index (χ3n) is 2.39. The number of carbonyl (C=O) groups is 1. The van der Waals surface area contributed by atoms with E-state index >= 15 is 0 Å². The topological polar surface area (TPSA) is 41.1 Å². The van der Waals surface area contributed by atoms with Crippen LogP contribution in [0, 0.1) is 0 Å². The zero-order valence-electron chi connectivity index (χ0n) is 10.6. The van der Waals surface area contributed by atoms with Crippen LogP contribution in [0.4, 0.5) is 22.4 Å². The molecular formula is C13H14F4N2O. The molecule has 0 spiro atoms. The van der Waals surface area contributed by atoms with E-state index in [-0.39, 0.29) is 19.5 Å². The van der Waals surface area contributed by atoms with Crippen molar-refractivity contribution in [3.8, 4) is 0 Å². The van der Waals surface area contributed by atoms with Crippen LogP contribution in [-0.4, -0.2) is 12.6 Å². The molecule has 0 radical (unpaired) electrons. The van der Waals surface area contributed by atoms with Gasteiger partial charge in [-0.1, -0.05) is 18.7 Å². The molecule has 0 bridgehead atoms. The van der Waals surface area contributed by atoms with Gasteiger partial charge in [0.1, 0.15) is 0 Å². The number of alkyl halides is 3. The van der Waals surface area contributed by atoms with Gasteiger partial charge in [0, 0.05) is 19.5 Å². The number of rotatable bonds is 5. The maximum absolute atomic E-state index is 12.5. The first-order chi connectivity index (χ1) is 9.29. The molecule has 0 heterocycles. The average molecular weight is 290 g/mol. The summed E-state index contributed by atoms with van der Waals surface area (Å²) < 4.78 is 49.7. The maximum atomic E-state index is 12.5. The molecule has 20 heavy (non-hydrogen) atoms. The van der Waals surface area contributed by atoms with Gasteiger partial charge in [-0.05, 0) is 17.7 Å². The van der Waals surface area contributed by atoms with Crippen LogP contribution < -0.4 is 10.6 Å². The number of hydrogen-bond donors (Lipinski definition) is 2. The van der Waals surface area contributed by atoms with Crippen LogP contribution in [0.5, 0.6) is 0 Å². The zero-order chi connectivity index (χ0) is 15.2. The Morgan fingerprint density at radius 2 is 1.95 bits per heavy atom. The van der Waals surface area contributed by atoms with Crippen molar-refractivity contribution >= 4 is 6.03 Å². The summed E-state index contributed by atoms with van der Waals surface area (Å²) in [4.78, 5) is 11.3. The Morgan fingerprint density at radius 3 is 2.55 bits per heavy atom. The quantitative estimate of drug-likeness (QED) is 0.802. The third-order valence-corrected chi connectivity index (χ3v) is 2.39. The molecular weight excluding hydrogens is 276 g/mol. The van der Waals surface area contributed by atoms with Crippen LogP contribution in [0.1, 0.15) is 17.5 Å². The Labute approximate surface area is 113 Å². The third kappa shape index (κ3) is 5.73. The van der Waals surface area contributed by atoms with E-state index in [2.05, 4.69) is 17.2 Å². The molecule has 1 rings (SSSR count). The SMILES string of the molecule is C=C(F)CCNC(=O)NCc1cccc(C(F)(F)F)c1. The van der Waals surface area contributed by atoms with Gasteiger partial charge >= 0.3 is 12.2 Å². The predicted molar refractivity (Wildman–Crippen MR) is 66.5 cm³/mol. The molecule has 0 saturated carbocycles. The van der Waals surface area contributed by atoms with Gasteiger partial charge in [0.25, 0.3) is 0 Å². The van der Waals surface area contributed by atoms with Crippen molar-refractivity contribution in [1.82, 2.24) is 10.6 Å². The van der Waals surface area contributed by atoms with Gasteiger partial charge in [-0.15, -0.1) is 0 Å². The first kappa shape index (κ1) is 16.0. The largest absolute Gasteiger partial charge is 0.416 e. The summed E-state index contributed by atoms with van der Waals surface area (Å²) in [5, 5.41) is 4.74. The zero-order valence-corrected chi connectivity index (χ0v) is 10.6. The fourth-order valence-corrected chi connectivity index (χ4v) is 1.41. The number of hydrogen-bond acceptors (Lipinski definition) is 1. The molecule has 2 amide bonds. The van der Waals surface area contributed by atoms with E-state index in [1.165, 1.54) is 12.1 Å². The summed E-state index contributed by atoms with van der Waals surface area (Å²) in [5.41, 5.74) is -0.448. The smallest absolute Gasteiger partial charge is 0.338 e. The fourth-order valence-electron chi connectivity index (χ4n) is 1.41. The first-order valence-corrected chi connectivity index (χ1v) is 5.80. The number of benzene rings is 1. The monoisotopic (exact) mass is 290 g/mol. The summed E-state index contributed by atoms with van der Waals surface area (Å²) in [5.74, 6) is -0.553. The molecule has 0 saturated heterocycles. The Hall–Kier alpha value is -2.05. The van der Waals surface area contributed by atoms with Crippen molar-refractivity contribution in [2.24, 2.45) is 0 Å². The van der Waals surface area contributed by atoms with Crippen LogP contribution in [-0.2, 0) is 12.7 Å². The predicted octanol–water partition coefficient (Wildman–Crippen LogP) is 3.38. The second-order valence-electron chi connectivity index (χ2n) is 4.07. The van der Waals surface area contributed by atoms with Crippen molar-refractivity contribution in [1.29, 1.82) is 0 Å². The Bertz CT molecular complexity index is 486. The summed E-state index contributed by atoms with van der Waals surface area (Å²) in [6.07, 6.45) is -4.42. The van der Waals surface area contributed by atoms with Crippen molar-refractivity contribution in [3.63, 3.8) is 0 Å². The highest BCUT2D eigenvalue weighted by Gasteiger charge is 2.30. The minimum atomic E-state index is -4.42. The minimum absolute atomic E-state index is 0.00300. The molecule has 3 nitrogen and oxygen atoms in total. The van der Waals surface area contributed by atoms with Crippen LogP contribution in [0.2, 0.25) is 0 Å². The van der Waals surface area contributed by atoms with Gasteiger partial charge < -0.3 is 10.6 Å². The molecule has 0 aliphatic carbocycles. The summed E-state index contributed by atoms with van der Waals surface area (Å²) in [6.45, 7) is 3.06. The second kappa shape index (κ2) is 6.93. The molecule has 0 aliphatic rings. The van der Waals surface area contributed by atoms with Gasteiger partial charge in [-0.3, -0.25) is 0 Å². The first-order valence-electron chi connectivity index (χ1n) is 5.80. The van der Waals surface area contributed by atoms with Gasteiger partial charge in [0.05, 0.1) is 11.4 Å². The highest BCUT2D eigenvalue weighted by Crippen LogP contribution is 2.29. The molecule has 0 atom stereocenters. The molecule has 0 fully saturated rings. The van der Waals surface area contributed by atoms with E-state index in [0.29, 0.717) is 5.56 Å². The Kier molecular flexibility index (Phi) is 5.54. The lowest BCUT2D eigenvalue weighted by atomic mass is 10.1. The van der Waals surface area contributed by atoms with Gasteiger partial charge in [-0.2, -0.15) is 13.2 Å². The highest BCUT2D eigenvalue weighted by atomic mass is 19.4.